The molecule has 1 aliphatic heterocycles. The quantitative estimate of drug-likeness (QED) is 0.825. The maximum atomic E-state index is 12.1. The van der Waals surface area contributed by atoms with Gasteiger partial charge in [-0.25, -0.2) is 0 Å². The number of nitrogens with one attached hydrogen (secondary N) is 2. The number of halogens is 2. The van der Waals surface area contributed by atoms with Crippen LogP contribution in [0.25, 0.3) is 0 Å². The zero-order chi connectivity index (χ0) is 14.6. The van der Waals surface area contributed by atoms with Gasteiger partial charge in [0.15, 0.2) is 0 Å². The summed E-state index contributed by atoms with van der Waals surface area (Å²) in [7, 11) is 0. The lowest BCUT2D eigenvalue weighted by molar-refractivity contribution is -0.123. The molecule has 5 heteroatoms. The van der Waals surface area contributed by atoms with Gasteiger partial charge in [0.1, 0.15) is 0 Å². The fourth-order valence-electron chi connectivity index (χ4n) is 2.65. The predicted molar refractivity (Wildman–Crippen MR) is 92.8 cm³/mol. The minimum absolute atomic E-state index is 0. The van der Waals surface area contributed by atoms with Gasteiger partial charge in [-0.3, -0.25) is 4.79 Å². The monoisotopic (exact) mass is 374 g/mol. The lowest BCUT2D eigenvalue weighted by Gasteiger charge is -2.27. The van der Waals surface area contributed by atoms with Gasteiger partial charge in [-0.05, 0) is 63.4 Å². The number of carbonyl (C=O) groups is 1. The average molecular weight is 376 g/mol. The molecule has 0 spiro atoms. The van der Waals surface area contributed by atoms with Crippen LogP contribution in [0, 0.1) is 5.92 Å². The Labute approximate surface area is 141 Å². The van der Waals surface area contributed by atoms with E-state index in [1.807, 2.05) is 38.1 Å². The summed E-state index contributed by atoms with van der Waals surface area (Å²) >= 11 is 3.43. The van der Waals surface area contributed by atoms with Crippen molar-refractivity contribution in [2.45, 2.75) is 38.6 Å². The van der Waals surface area contributed by atoms with Crippen LogP contribution in [0.3, 0.4) is 0 Å². The first kappa shape index (κ1) is 18.5. The Hall–Kier alpha value is -0.580. The van der Waals surface area contributed by atoms with E-state index in [0.29, 0.717) is 12.3 Å². The summed E-state index contributed by atoms with van der Waals surface area (Å²) < 4.78 is 1.05. The number of rotatable bonds is 5. The molecular formula is C16H24BrClN2O. The van der Waals surface area contributed by atoms with Gasteiger partial charge in [-0.1, -0.05) is 28.1 Å². The first-order chi connectivity index (χ1) is 9.47. The fraction of sp³-hybridized carbons (Fsp3) is 0.562. The molecule has 1 heterocycles. The smallest absolute Gasteiger partial charge is 0.220 e. The summed E-state index contributed by atoms with van der Waals surface area (Å²) in [5.74, 6) is 0.807. The molecule has 1 unspecified atom stereocenters. The van der Waals surface area contributed by atoms with Crippen molar-refractivity contribution in [1.29, 1.82) is 0 Å². The van der Waals surface area contributed by atoms with Crippen LogP contribution in [0.5, 0.6) is 0 Å². The van der Waals surface area contributed by atoms with Crippen molar-refractivity contribution < 1.29 is 4.79 Å². The number of benzene rings is 1. The molecule has 0 aromatic heterocycles. The summed E-state index contributed by atoms with van der Waals surface area (Å²) in [6.45, 7) is 6.25. The van der Waals surface area contributed by atoms with E-state index in [9.17, 15) is 4.79 Å². The van der Waals surface area contributed by atoms with E-state index in [-0.39, 0.29) is 23.9 Å². The van der Waals surface area contributed by atoms with Crippen molar-refractivity contribution in [2.24, 2.45) is 5.92 Å². The van der Waals surface area contributed by atoms with Crippen LogP contribution in [-0.2, 0) is 10.3 Å². The van der Waals surface area contributed by atoms with E-state index >= 15 is 0 Å². The summed E-state index contributed by atoms with van der Waals surface area (Å²) in [4.78, 5) is 12.1. The van der Waals surface area contributed by atoms with Crippen molar-refractivity contribution in [2.75, 3.05) is 13.1 Å². The van der Waals surface area contributed by atoms with Crippen LogP contribution in [-0.4, -0.2) is 19.0 Å². The molecule has 0 aliphatic carbocycles. The SMILES string of the molecule is CC(C)(NC(=O)CCC1CCNC1)c1ccc(Br)cc1.Cl. The highest BCUT2D eigenvalue weighted by Gasteiger charge is 2.23. The Morgan fingerprint density at radius 1 is 1.38 bits per heavy atom. The molecule has 1 aliphatic rings. The molecule has 0 saturated carbocycles. The van der Waals surface area contributed by atoms with E-state index in [1.54, 1.807) is 0 Å². The first-order valence-electron chi connectivity index (χ1n) is 7.25. The van der Waals surface area contributed by atoms with Gasteiger partial charge in [-0.15, -0.1) is 12.4 Å². The third-order valence-corrected chi connectivity index (χ3v) is 4.49. The molecule has 1 aromatic rings. The maximum absolute atomic E-state index is 12.1. The van der Waals surface area contributed by atoms with Gasteiger partial charge >= 0.3 is 0 Å². The summed E-state index contributed by atoms with van der Waals surface area (Å²) in [5.41, 5.74) is 0.794. The molecule has 0 bridgehead atoms. The number of carbonyl (C=O) groups excluding carboxylic acids is 1. The molecule has 1 saturated heterocycles. The Morgan fingerprint density at radius 3 is 2.62 bits per heavy atom. The van der Waals surface area contributed by atoms with Crippen molar-refractivity contribution in [3.63, 3.8) is 0 Å². The highest BCUT2D eigenvalue weighted by atomic mass is 79.9. The van der Waals surface area contributed by atoms with E-state index < -0.39 is 0 Å². The van der Waals surface area contributed by atoms with Crippen molar-refractivity contribution in [1.82, 2.24) is 10.6 Å². The third-order valence-electron chi connectivity index (χ3n) is 3.96. The van der Waals surface area contributed by atoms with Crippen molar-refractivity contribution in [3.05, 3.63) is 34.3 Å². The van der Waals surface area contributed by atoms with Crippen LogP contribution < -0.4 is 10.6 Å². The van der Waals surface area contributed by atoms with E-state index in [1.165, 1.54) is 6.42 Å². The molecule has 2 rings (SSSR count). The van der Waals surface area contributed by atoms with Crippen LogP contribution in [0.4, 0.5) is 0 Å². The summed E-state index contributed by atoms with van der Waals surface area (Å²) in [5, 5.41) is 6.48. The summed E-state index contributed by atoms with van der Waals surface area (Å²) in [6.07, 6.45) is 2.80. The fourth-order valence-corrected chi connectivity index (χ4v) is 2.91. The van der Waals surface area contributed by atoms with Gasteiger partial charge < -0.3 is 10.6 Å². The largest absolute Gasteiger partial charge is 0.347 e. The molecule has 0 radical (unpaired) electrons. The van der Waals surface area contributed by atoms with Crippen LogP contribution >= 0.6 is 28.3 Å². The molecule has 1 aromatic carbocycles. The molecule has 1 atom stereocenters. The lowest BCUT2D eigenvalue weighted by atomic mass is 9.93. The molecule has 3 nitrogen and oxygen atoms in total. The Balaban J connectivity index is 0.00000220. The molecule has 1 amide bonds. The van der Waals surface area contributed by atoms with E-state index in [0.717, 1.165) is 29.5 Å². The number of amides is 1. The van der Waals surface area contributed by atoms with E-state index in [2.05, 4.69) is 26.6 Å². The Morgan fingerprint density at radius 2 is 2.05 bits per heavy atom. The second kappa shape index (κ2) is 8.16. The van der Waals surface area contributed by atoms with Gasteiger partial charge in [0.25, 0.3) is 0 Å². The van der Waals surface area contributed by atoms with Crippen LogP contribution in [0.15, 0.2) is 28.7 Å². The van der Waals surface area contributed by atoms with Gasteiger partial charge in [0, 0.05) is 10.9 Å². The highest BCUT2D eigenvalue weighted by Crippen LogP contribution is 2.23. The van der Waals surface area contributed by atoms with Gasteiger partial charge in [0.05, 0.1) is 5.54 Å². The highest BCUT2D eigenvalue weighted by molar-refractivity contribution is 9.10. The van der Waals surface area contributed by atoms with Gasteiger partial charge in [0.2, 0.25) is 5.91 Å². The molecular weight excluding hydrogens is 352 g/mol. The minimum Gasteiger partial charge on any atom is -0.347 e. The standard InChI is InChI=1S/C16H23BrN2O.ClH/c1-16(2,13-4-6-14(17)7-5-13)19-15(20)8-3-12-9-10-18-11-12;/h4-7,12,18H,3,8-11H2,1-2H3,(H,19,20);1H. The van der Waals surface area contributed by atoms with Gasteiger partial charge in [-0.2, -0.15) is 0 Å². The molecule has 2 N–H and O–H groups in total. The minimum atomic E-state index is -0.328. The van der Waals surface area contributed by atoms with Crippen molar-refractivity contribution >= 4 is 34.2 Å². The molecule has 21 heavy (non-hydrogen) atoms. The normalized spacial score (nSPS) is 18.1. The zero-order valence-corrected chi connectivity index (χ0v) is 15.0. The number of hydrogen-bond donors (Lipinski definition) is 2. The zero-order valence-electron chi connectivity index (χ0n) is 12.6. The van der Waals surface area contributed by atoms with Crippen molar-refractivity contribution in [3.8, 4) is 0 Å². The first-order valence-corrected chi connectivity index (χ1v) is 8.04. The second-order valence-electron chi connectivity index (χ2n) is 6.08. The average Bonchev–Trinajstić information content (AvgIpc) is 2.89. The molecule has 1 fully saturated rings. The van der Waals surface area contributed by atoms with E-state index in [4.69, 9.17) is 0 Å². The number of hydrogen-bond acceptors (Lipinski definition) is 2. The third kappa shape index (κ3) is 5.61. The van der Waals surface area contributed by atoms with Crippen LogP contribution in [0.1, 0.15) is 38.7 Å². The molecule has 118 valence electrons. The topological polar surface area (TPSA) is 41.1 Å². The lowest BCUT2D eigenvalue weighted by Crippen LogP contribution is -2.41. The Bertz CT molecular complexity index is 456. The maximum Gasteiger partial charge on any atom is 0.220 e. The predicted octanol–water partition coefficient (Wildman–Crippen LogP) is 3.61. The van der Waals surface area contributed by atoms with Crippen LogP contribution in [0.2, 0.25) is 0 Å². The summed E-state index contributed by atoms with van der Waals surface area (Å²) in [6, 6.07) is 8.11. The Kier molecular flexibility index (Phi) is 7.17. The second-order valence-corrected chi connectivity index (χ2v) is 6.99.